The SMILES string of the molecule is COc1ccc(NC(C)=O)cc1NC(=O)Cc1csc(NC(=O)c2ccc(Cl)cc2)n1. The van der Waals surface area contributed by atoms with Gasteiger partial charge in [-0.15, -0.1) is 11.3 Å². The van der Waals surface area contributed by atoms with E-state index in [0.29, 0.717) is 38.5 Å². The van der Waals surface area contributed by atoms with Crippen LogP contribution in [0.2, 0.25) is 5.02 Å². The van der Waals surface area contributed by atoms with Crippen molar-refractivity contribution in [3.63, 3.8) is 0 Å². The summed E-state index contributed by atoms with van der Waals surface area (Å²) in [4.78, 5) is 40.3. The van der Waals surface area contributed by atoms with Crippen molar-refractivity contribution in [3.05, 3.63) is 64.1 Å². The fourth-order valence-electron chi connectivity index (χ4n) is 2.66. The molecule has 31 heavy (non-hydrogen) atoms. The molecule has 0 atom stereocenters. The minimum atomic E-state index is -0.320. The van der Waals surface area contributed by atoms with Gasteiger partial charge in [-0.2, -0.15) is 0 Å². The average Bonchev–Trinajstić information content (AvgIpc) is 3.14. The summed E-state index contributed by atoms with van der Waals surface area (Å²) in [5, 5.41) is 10.7. The van der Waals surface area contributed by atoms with Gasteiger partial charge in [0.2, 0.25) is 11.8 Å². The van der Waals surface area contributed by atoms with Crippen LogP contribution in [-0.4, -0.2) is 29.8 Å². The maximum Gasteiger partial charge on any atom is 0.257 e. The van der Waals surface area contributed by atoms with E-state index in [2.05, 4.69) is 20.9 Å². The molecule has 8 nitrogen and oxygen atoms in total. The van der Waals surface area contributed by atoms with Crippen molar-refractivity contribution in [2.24, 2.45) is 0 Å². The third-order valence-corrected chi connectivity index (χ3v) is 5.07. The Morgan fingerprint density at radius 3 is 2.48 bits per heavy atom. The van der Waals surface area contributed by atoms with Gasteiger partial charge < -0.3 is 15.4 Å². The highest BCUT2D eigenvalue weighted by atomic mass is 35.5. The van der Waals surface area contributed by atoms with Crippen LogP contribution in [0, 0.1) is 0 Å². The lowest BCUT2D eigenvalue weighted by Crippen LogP contribution is -2.16. The first kappa shape index (κ1) is 22.3. The number of nitrogens with one attached hydrogen (secondary N) is 3. The maximum absolute atomic E-state index is 12.5. The minimum absolute atomic E-state index is 0.000828. The normalized spacial score (nSPS) is 10.3. The van der Waals surface area contributed by atoms with Gasteiger partial charge >= 0.3 is 0 Å². The van der Waals surface area contributed by atoms with Gasteiger partial charge in [-0.1, -0.05) is 11.6 Å². The molecule has 0 saturated carbocycles. The zero-order valence-corrected chi connectivity index (χ0v) is 18.3. The standard InChI is InChI=1S/C21H19ClN4O4S/c1-12(27)23-15-7-8-18(30-2)17(9-15)25-19(28)10-16-11-31-21(24-16)26-20(29)13-3-5-14(22)6-4-13/h3-9,11H,10H2,1-2H3,(H,23,27)(H,25,28)(H,24,26,29). The second-order valence-corrected chi connectivity index (χ2v) is 7.72. The highest BCUT2D eigenvalue weighted by Crippen LogP contribution is 2.28. The van der Waals surface area contributed by atoms with Gasteiger partial charge in [0.25, 0.3) is 5.91 Å². The van der Waals surface area contributed by atoms with Crippen LogP contribution >= 0.6 is 22.9 Å². The third-order valence-electron chi connectivity index (χ3n) is 4.01. The molecule has 1 heterocycles. The van der Waals surface area contributed by atoms with Crippen LogP contribution in [0.4, 0.5) is 16.5 Å². The van der Waals surface area contributed by atoms with Crippen molar-refractivity contribution in [2.45, 2.75) is 13.3 Å². The zero-order chi connectivity index (χ0) is 22.4. The summed E-state index contributed by atoms with van der Waals surface area (Å²) >= 11 is 7.05. The van der Waals surface area contributed by atoms with Gasteiger partial charge in [0.15, 0.2) is 5.13 Å². The first-order valence-corrected chi connectivity index (χ1v) is 10.4. The van der Waals surface area contributed by atoms with E-state index in [9.17, 15) is 14.4 Å². The minimum Gasteiger partial charge on any atom is -0.495 e. The molecule has 0 bridgehead atoms. The summed E-state index contributed by atoms with van der Waals surface area (Å²) in [5.74, 6) is -0.407. The second kappa shape index (κ2) is 10.1. The lowest BCUT2D eigenvalue weighted by atomic mass is 10.2. The molecule has 0 unspecified atom stereocenters. The van der Waals surface area contributed by atoms with Crippen molar-refractivity contribution in [1.82, 2.24) is 4.98 Å². The molecule has 3 N–H and O–H groups in total. The summed E-state index contributed by atoms with van der Waals surface area (Å²) in [7, 11) is 1.49. The van der Waals surface area contributed by atoms with Gasteiger partial charge in [-0.3, -0.25) is 19.7 Å². The number of carbonyl (C=O) groups is 3. The fraction of sp³-hybridized carbons (Fsp3) is 0.143. The number of halogens is 1. The van der Waals surface area contributed by atoms with Crippen LogP contribution in [0.25, 0.3) is 0 Å². The van der Waals surface area contributed by atoms with Crippen molar-refractivity contribution >= 4 is 57.2 Å². The topological polar surface area (TPSA) is 109 Å². The van der Waals surface area contributed by atoms with Gasteiger partial charge in [-0.05, 0) is 42.5 Å². The molecule has 3 rings (SSSR count). The van der Waals surface area contributed by atoms with Crippen LogP contribution < -0.4 is 20.7 Å². The molecule has 0 aliphatic rings. The van der Waals surface area contributed by atoms with Crippen LogP contribution in [0.15, 0.2) is 47.8 Å². The maximum atomic E-state index is 12.5. The molecule has 160 valence electrons. The van der Waals surface area contributed by atoms with Gasteiger partial charge in [0.1, 0.15) is 5.75 Å². The first-order valence-electron chi connectivity index (χ1n) is 9.11. The molecule has 0 aliphatic carbocycles. The number of amides is 3. The van der Waals surface area contributed by atoms with Crippen molar-refractivity contribution in [3.8, 4) is 5.75 Å². The zero-order valence-electron chi connectivity index (χ0n) is 16.7. The predicted octanol–water partition coefficient (Wildman–Crippen LogP) is 4.20. The number of aromatic nitrogens is 1. The summed E-state index contributed by atoms with van der Waals surface area (Å²) in [6.45, 7) is 1.40. The Hall–Kier alpha value is -3.43. The number of ether oxygens (including phenoxy) is 1. The monoisotopic (exact) mass is 458 g/mol. The van der Waals surface area contributed by atoms with Crippen molar-refractivity contribution in [1.29, 1.82) is 0 Å². The number of rotatable bonds is 7. The molecule has 1 aromatic heterocycles. The van der Waals surface area contributed by atoms with Gasteiger partial charge in [-0.25, -0.2) is 4.98 Å². The van der Waals surface area contributed by atoms with E-state index >= 15 is 0 Å². The summed E-state index contributed by atoms with van der Waals surface area (Å²) in [6, 6.07) is 11.4. The van der Waals surface area contributed by atoms with Crippen LogP contribution in [-0.2, 0) is 16.0 Å². The molecular formula is C21H19ClN4O4S. The van der Waals surface area contributed by atoms with E-state index in [1.807, 2.05) is 0 Å². The molecule has 0 saturated heterocycles. The third kappa shape index (κ3) is 6.27. The van der Waals surface area contributed by atoms with Crippen LogP contribution in [0.3, 0.4) is 0 Å². The van der Waals surface area contributed by atoms with Crippen LogP contribution in [0.5, 0.6) is 5.75 Å². The molecule has 0 fully saturated rings. The number of methoxy groups -OCH3 is 1. The number of thiazole rings is 1. The largest absolute Gasteiger partial charge is 0.495 e. The number of nitrogens with zero attached hydrogens (tertiary/aromatic N) is 1. The quantitative estimate of drug-likeness (QED) is 0.491. The Morgan fingerprint density at radius 2 is 1.81 bits per heavy atom. The molecule has 2 aromatic carbocycles. The summed E-state index contributed by atoms with van der Waals surface area (Å²) < 4.78 is 5.26. The molecule has 3 amide bonds. The highest BCUT2D eigenvalue weighted by molar-refractivity contribution is 7.14. The lowest BCUT2D eigenvalue weighted by molar-refractivity contribution is -0.116. The Balaban J connectivity index is 1.63. The summed E-state index contributed by atoms with van der Waals surface area (Å²) in [6.07, 6.45) is 0.000828. The smallest absolute Gasteiger partial charge is 0.257 e. The molecule has 0 aliphatic heterocycles. The fourth-order valence-corrected chi connectivity index (χ4v) is 3.49. The van der Waals surface area contributed by atoms with E-state index in [1.165, 1.54) is 25.4 Å². The number of hydrogen-bond donors (Lipinski definition) is 3. The van der Waals surface area contributed by atoms with E-state index < -0.39 is 0 Å². The van der Waals surface area contributed by atoms with E-state index in [0.717, 1.165) is 0 Å². The molecule has 0 radical (unpaired) electrons. The first-order chi connectivity index (χ1) is 14.8. The number of carbonyl (C=O) groups excluding carboxylic acids is 3. The Bertz CT molecular complexity index is 1110. The van der Waals surface area contributed by atoms with Crippen LogP contribution in [0.1, 0.15) is 23.0 Å². The van der Waals surface area contributed by atoms with Gasteiger partial charge in [0, 0.05) is 28.6 Å². The van der Waals surface area contributed by atoms with Crippen molar-refractivity contribution < 1.29 is 19.1 Å². The number of hydrogen-bond acceptors (Lipinski definition) is 6. The Kier molecular flexibility index (Phi) is 7.22. The van der Waals surface area contributed by atoms with E-state index in [-0.39, 0.29) is 24.1 Å². The molecule has 10 heteroatoms. The average molecular weight is 459 g/mol. The summed E-state index contributed by atoms with van der Waals surface area (Å²) in [5.41, 5.74) is 1.91. The van der Waals surface area contributed by atoms with Crippen molar-refractivity contribution in [2.75, 3.05) is 23.1 Å². The van der Waals surface area contributed by atoms with E-state index in [1.54, 1.807) is 47.8 Å². The predicted molar refractivity (Wildman–Crippen MR) is 121 cm³/mol. The second-order valence-electron chi connectivity index (χ2n) is 6.43. The highest BCUT2D eigenvalue weighted by Gasteiger charge is 2.14. The number of benzene rings is 2. The molecule has 3 aromatic rings. The Labute approximate surface area is 187 Å². The lowest BCUT2D eigenvalue weighted by Gasteiger charge is -2.12. The molecule has 0 spiro atoms. The van der Waals surface area contributed by atoms with E-state index in [4.69, 9.17) is 16.3 Å². The Morgan fingerprint density at radius 1 is 1.06 bits per heavy atom. The molecular weight excluding hydrogens is 440 g/mol. The number of anilines is 3. The van der Waals surface area contributed by atoms with Gasteiger partial charge in [0.05, 0.1) is 24.9 Å².